The number of halogens is 5. The SMILES string of the molecule is CC1(c2cccnc2)COc2cc(O)ccc2C1CCCCCCCCC[S+]([O-])CCCC(F)(F)C(F)(F)F. The van der Waals surface area contributed by atoms with E-state index in [1.807, 2.05) is 18.3 Å². The number of phenols is 1. The smallest absolute Gasteiger partial charge is 0.453 e. The summed E-state index contributed by atoms with van der Waals surface area (Å²) in [5.41, 5.74) is 1.98. The molecule has 1 aliphatic heterocycles. The highest BCUT2D eigenvalue weighted by Gasteiger charge is 2.56. The van der Waals surface area contributed by atoms with Gasteiger partial charge >= 0.3 is 12.1 Å². The number of fused-ring (bicyclic) bond motifs is 1. The largest absolute Gasteiger partial charge is 0.616 e. The number of benzene rings is 1. The average molecular weight is 576 g/mol. The van der Waals surface area contributed by atoms with Gasteiger partial charge in [0.15, 0.2) is 0 Å². The summed E-state index contributed by atoms with van der Waals surface area (Å²) in [4.78, 5) is 4.31. The summed E-state index contributed by atoms with van der Waals surface area (Å²) in [6.07, 6.45) is 4.05. The van der Waals surface area contributed by atoms with Crippen molar-refractivity contribution in [2.24, 2.45) is 0 Å². The van der Waals surface area contributed by atoms with Gasteiger partial charge < -0.3 is 14.4 Å². The number of nitrogens with zero attached hydrogens (tertiary/aromatic N) is 1. The van der Waals surface area contributed by atoms with E-state index in [2.05, 4.69) is 18.0 Å². The standard InChI is InChI=1S/C29H38F5NO3S/c1-27(22-11-9-16-35-20-22)21-38-26-19-23(36)13-14-24(26)25(27)12-7-5-3-2-4-6-8-17-39(37)18-10-15-28(30,31)29(32,33)34/h9,11,13-14,16,19-20,25,36H,2-8,10,12,15,17-18,21H2,1H3. The van der Waals surface area contributed by atoms with E-state index in [-0.39, 0.29) is 22.8 Å². The molecule has 39 heavy (non-hydrogen) atoms. The maximum Gasteiger partial charge on any atom is 0.453 e. The zero-order valence-corrected chi connectivity index (χ0v) is 23.1. The Morgan fingerprint density at radius 3 is 2.33 bits per heavy atom. The van der Waals surface area contributed by atoms with Crippen molar-refractivity contribution in [1.29, 1.82) is 0 Å². The second-order valence-corrected chi connectivity index (χ2v) is 12.3. The first-order chi connectivity index (χ1) is 18.4. The predicted octanol–water partition coefficient (Wildman–Crippen LogP) is 8.07. The molecule has 0 radical (unpaired) electrons. The molecule has 3 rings (SSSR count). The first-order valence-electron chi connectivity index (χ1n) is 13.6. The Hall–Kier alpha value is -2.07. The molecule has 3 unspecified atom stereocenters. The van der Waals surface area contributed by atoms with Crippen molar-refractivity contribution in [1.82, 2.24) is 4.98 Å². The highest BCUT2D eigenvalue weighted by Crippen LogP contribution is 2.49. The lowest BCUT2D eigenvalue weighted by molar-refractivity contribution is -0.284. The number of hydrogen-bond donors (Lipinski definition) is 1. The summed E-state index contributed by atoms with van der Waals surface area (Å²) >= 11 is -1.37. The van der Waals surface area contributed by atoms with Gasteiger partial charge in [0.25, 0.3) is 0 Å². The summed E-state index contributed by atoms with van der Waals surface area (Å²) in [5.74, 6) is -3.37. The fourth-order valence-electron chi connectivity index (χ4n) is 5.26. The summed E-state index contributed by atoms with van der Waals surface area (Å²) in [5, 5.41) is 9.91. The van der Waals surface area contributed by atoms with Gasteiger partial charge in [0.05, 0.1) is 6.61 Å². The fourth-order valence-corrected chi connectivity index (χ4v) is 6.46. The highest BCUT2D eigenvalue weighted by atomic mass is 32.2. The van der Waals surface area contributed by atoms with Gasteiger partial charge in [-0.3, -0.25) is 4.98 Å². The molecule has 0 amide bonds. The van der Waals surface area contributed by atoms with E-state index in [4.69, 9.17) is 4.74 Å². The van der Waals surface area contributed by atoms with Gasteiger partial charge in [0, 0.05) is 36.2 Å². The minimum absolute atomic E-state index is 0.126. The van der Waals surface area contributed by atoms with Crippen LogP contribution in [0.25, 0.3) is 0 Å². The molecule has 3 atom stereocenters. The Morgan fingerprint density at radius 1 is 1.00 bits per heavy atom. The van der Waals surface area contributed by atoms with E-state index in [1.54, 1.807) is 18.3 Å². The minimum Gasteiger partial charge on any atom is -0.616 e. The van der Waals surface area contributed by atoms with Gasteiger partial charge in [-0.2, -0.15) is 22.0 Å². The number of ether oxygens (including phenoxy) is 1. The molecular weight excluding hydrogens is 537 g/mol. The van der Waals surface area contributed by atoms with Crippen molar-refractivity contribution in [3.63, 3.8) is 0 Å². The van der Waals surface area contributed by atoms with Crippen LogP contribution in [0.4, 0.5) is 22.0 Å². The molecule has 0 bridgehead atoms. The highest BCUT2D eigenvalue weighted by molar-refractivity contribution is 7.91. The number of unbranched alkanes of at least 4 members (excludes halogenated alkanes) is 6. The van der Waals surface area contributed by atoms with Crippen LogP contribution in [-0.4, -0.2) is 44.9 Å². The van der Waals surface area contributed by atoms with E-state index >= 15 is 0 Å². The molecule has 2 heterocycles. The van der Waals surface area contributed by atoms with Crippen LogP contribution in [0.1, 0.15) is 88.2 Å². The zero-order chi connectivity index (χ0) is 28.5. The zero-order valence-electron chi connectivity index (χ0n) is 22.3. The molecule has 1 aromatic carbocycles. The summed E-state index contributed by atoms with van der Waals surface area (Å²) in [7, 11) is 0. The lowest BCUT2D eigenvalue weighted by Gasteiger charge is -2.42. The van der Waals surface area contributed by atoms with E-state index in [9.17, 15) is 31.6 Å². The van der Waals surface area contributed by atoms with Crippen LogP contribution in [0.15, 0.2) is 42.7 Å². The Kier molecular flexibility index (Phi) is 11.3. The third-order valence-electron chi connectivity index (χ3n) is 7.63. The van der Waals surface area contributed by atoms with Crippen molar-refractivity contribution in [2.45, 2.75) is 94.6 Å². The van der Waals surface area contributed by atoms with Crippen LogP contribution in [0.5, 0.6) is 11.5 Å². The van der Waals surface area contributed by atoms with Crippen LogP contribution in [0, 0.1) is 0 Å². The molecule has 2 aromatic rings. The number of pyridine rings is 1. The van der Waals surface area contributed by atoms with Crippen molar-refractivity contribution >= 4 is 11.2 Å². The Bertz CT molecular complexity index is 1020. The molecular formula is C29H38F5NO3S. The molecule has 0 fully saturated rings. The van der Waals surface area contributed by atoms with E-state index < -0.39 is 36.1 Å². The quantitative estimate of drug-likeness (QED) is 0.133. The summed E-state index contributed by atoms with van der Waals surface area (Å²) in [6, 6.07) is 9.35. The van der Waals surface area contributed by atoms with Crippen LogP contribution in [0.2, 0.25) is 0 Å². The first kappa shape index (κ1) is 31.5. The number of aromatic nitrogens is 1. The predicted molar refractivity (Wildman–Crippen MR) is 143 cm³/mol. The van der Waals surface area contributed by atoms with Crippen LogP contribution in [0.3, 0.4) is 0 Å². The Labute approximate surface area is 230 Å². The molecule has 0 saturated heterocycles. The molecule has 0 spiro atoms. The number of hydrogen-bond acceptors (Lipinski definition) is 4. The molecule has 1 N–H and O–H groups in total. The third kappa shape index (κ3) is 8.71. The van der Waals surface area contributed by atoms with Crippen molar-refractivity contribution in [3.05, 3.63) is 53.9 Å². The van der Waals surface area contributed by atoms with Crippen molar-refractivity contribution < 1.29 is 36.3 Å². The third-order valence-corrected chi connectivity index (χ3v) is 9.12. The maximum absolute atomic E-state index is 12.9. The first-order valence-corrected chi connectivity index (χ1v) is 15.1. The van der Waals surface area contributed by atoms with E-state index in [0.717, 1.165) is 61.8 Å². The number of aromatic hydroxyl groups is 1. The van der Waals surface area contributed by atoms with Crippen molar-refractivity contribution in [3.8, 4) is 11.5 Å². The second kappa shape index (κ2) is 14.0. The Morgan fingerprint density at radius 2 is 1.67 bits per heavy atom. The molecule has 10 heteroatoms. The van der Waals surface area contributed by atoms with Gasteiger partial charge in [-0.1, -0.05) is 62.3 Å². The molecule has 1 aliphatic rings. The fraction of sp³-hybridized carbons (Fsp3) is 0.621. The van der Waals surface area contributed by atoms with Crippen molar-refractivity contribution in [2.75, 3.05) is 18.1 Å². The molecule has 218 valence electrons. The number of phenolic OH excluding ortho intramolecular Hbond substituents is 1. The molecule has 1 aromatic heterocycles. The molecule has 0 aliphatic carbocycles. The van der Waals surface area contributed by atoms with Gasteiger partial charge in [-0.25, -0.2) is 0 Å². The Balaban J connectivity index is 1.35. The lowest BCUT2D eigenvalue weighted by atomic mass is 9.66. The molecule has 0 saturated carbocycles. The molecule has 4 nitrogen and oxygen atoms in total. The minimum atomic E-state index is -5.55. The normalized spacial score (nSPS) is 20.3. The van der Waals surface area contributed by atoms with Gasteiger partial charge in [-0.15, -0.1) is 0 Å². The summed E-state index contributed by atoms with van der Waals surface area (Å²) < 4.78 is 80.4. The van der Waals surface area contributed by atoms with Crippen LogP contribution >= 0.6 is 0 Å². The lowest BCUT2D eigenvalue weighted by Crippen LogP contribution is -2.40. The topological polar surface area (TPSA) is 65.4 Å². The van der Waals surface area contributed by atoms with Gasteiger partial charge in [-0.05, 0) is 48.9 Å². The second-order valence-electron chi connectivity index (χ2n) is 10.6. The van der Waals surface area contributed by atoms with E-state index in [1.165, 1.54) is 0 Å². The number of alkyl halides is 5. The monoisotopic (exact) mass is 575 g/mol. The van der Waals surface area contributed by atoms with Crippen LogP contribution in [-0.2, 0) is 16.6 Å². The van der Waals surface area contributed by atoms with Crippen LogP contribution < -0.4 is 4.74 Å². The van der Waals surface area contributed by atoms with E-state index in [0.29, 0.717) is 18.8 Å². The summed E-state index contributed by atoms with van der Waals surface area (Å²) in [6.45, 7) is 2.71. The number of rotatable bonds is 15. The van der Waals surface area contributed by atoms with Gasteiger partial charge in [0.1, 0.15) is 23.0 Å². The average Bonchev–Trinajstić information content (AvgIpc) is 2.88. The van der Waals surface area contributed by atoms with Gasteiger partial charge in [0.2, 0.25) is 0 Å². The maximum atomic E-state index is 12.9.